The van der Waals surface area contributed by atoms with Gasteiger partial charge in [0, 0.05) is 23.5 Å². The van der Waals surface area contributed by atoms with Crippen LogP contribution in [0.3, 0.4) is 0 Å². The Kier molecular flexibility index (Phi) is 12.2. The van der Waals surface area contributed by atoms with Crippen molar-refractivity contribution in [3.05, 3.63) is 71.9 Å². The first-order valence-corrected chi connectivity index (χ1v) is 14.1. The highest BCUT2D eigenvalue weighted by Crippen LogP contribution is 2.19. The van der Waals surface area contributed by atoms with E-state index in [1.165, 1.54) is 0 Å². The maximum Gasteiger partial charge on any atom is 0.326 e. The van der Waals surface area contributed by atoms with Crippen molar-refractivity contribution >= 4 is 40.5 Å². The molecule has 1 heterocycles. The number of amides is 4. The van der Waals surface area contributed by atoms with Gasteiger partial charge < -0.3 is 43.2 Å². The molecule has 230 valence electrons. The lowest BCUT2D eigenvalue weighted by atomic mass is 10.0. The number of para-hydroxylation sites is 1. The maximum atomic E-state index is 13.3. The Bertz CT molecular complexity index is 1410. The molecule has 13 nitrogen and oxygen atoms in total. The third kappa shape index (κ3) is 9.94. The van der Waals surface area contributed by atoms with E-state index in [0.29, 0.717) is 24.9 Å². The second-order valence-electron chi connectivity index (χ2n) is 10.3. The van der Waals surface area contributed by atoms with Crippen LogP contribution in [0, 0.1) is 0 Å². The molecule has 2 aromatic carbocycles. The van der Waals surface area contributed by atoms with E-state index in [2.05, 4.69) is 20.9 Å². The predicted octanol–water partition coefficient (Wildman–Crippen LogP) is -0.176. The number of carboxylic acids is 1. The maximum absolute atomic E-state index is 13.3. The highest BCUT2D eigenvalue weighted by molar-refractivity contribution is 5.96. The quantitative estimate of drug-likeness (QED) is 0.0975. The minimum atomic E-state index is -1.41. The fraction of sp³-hybridized carbons (Fsp3) is 0.367. The monoisotopic (exact) mass is 593 g/mol. The number of benzene rings is 2. The smallest absolute Gasteiger partial charge is 0.326 e. The number of aliphatic carboxylic acids is 1. The Hall–Kier alpha value is -4.75. The van der Waals surface area contributed by atoms with Crippen LogP contribution in [0.5, 0.6) is 0 Å². The van der Waals surface area contributed by atoms with Gasteiger partial charge in [-0.1, -0.05) is 48.5 Å². The first kappa shape index (κ1) is 32.8. The summed E-state index contributed by atoms with van der Waals surface area (Å²) in [5.41, 5.74) is 19.5. The lowest BCUT2D eigenvalue weighted by Gasteiger charge is -2.25. The summed E-state index contributed by atoms with van der Waals surface area (Å²) in [5.74, 6) is -4.36. The SMILES string of the molecule is NCCCCC(NC(=O)C(CC(N)=O)NC(=O)C(N)Cc1c[nH]c2ccccc12)C(=O)NC(Cc1ccccc1)C(=O)O. The minimum absolute atomic E-state index is 0.0278. The summed E-state index contributed by atoms with van der Waals surface area (Å²) >= 11 is 0. The van der Waals surface area contributed by atoms with Crippen molar-refractivity contribution in [3.8, 4) is 0 Å². The molecule has 4 atom stereocenters. The molecule has 0 spiro atoms. The van der Waals surface area contributed by atoms with Crippen LogP contribution in [-0.4, -0.2) is 70.4 Å². The van der Waals surface area contributed by atoms with Gasteiger partial charge in [0.2, 0.25) is 23.6 Å². The molecule has 4 amide bonds. The number of carboxylic acid groups (broad SMARTS) is 1. The van der Waals surface area contributed by atoms with Gasteiger partial charge in [-0.3, -0.25) is 19.2 Å². The van der Waals surface area contributed by atoms with Crippen LogP contribution in [0.4, 0.5) is 0 Å². The van der Waals surface area contributed by atoms with Gasteiger partial charge in [0.25, 0.3) is 0 Å². The van der Waals surface area contributed by atoms with Crippen molar-refractivity contribution in [1.82, 2.24) is 20.9 Å². The van der Waals surface area contributed by atoms with Gasteiger partial charge >= 0.3 is 5.97 Å². The summed E-state index contributed by atoms with van der Waals surface area (Å²) in [6, 6.07) is 11.4. The van der Waals surface area contributed by atoms with Gasteiger partial charge in [0.05, 0.1) is 12.5 Å². The molecule has 43 heavy (non-hydrogen) atoms. The fourth-order valence-corrected chi connectivity index (χ4v) is 4.68. The van der Waals surface area contributed by atoms with Crippen molar-refractivity contribution < 1.29 is 29.1 Å². The normalized spacial score (nSPS) is 13.8. The summed E-state index contributed by atoms with van der Waals surface area (Å²) in [4.78, 5) is 66.3. The van der Waals surface area contributed by atoms with Gasteiger partial charge in [0.15, 0.2) is 0 Å². The van der Waals surface area contributed by atoms with E-state index in [1.54, 1.807) is 36.5 Å². The van der Waals surface area contributed by atoms with Crippen LogP contribution in [0.25, 0.3) is 10.9 Å². The number of hydrogen-bond donors (Lipinski definition) is 8. The lowest BCUT2D eigenvalue weighted by molar-refractivity contribution is -0.142. The number of rotatable bonds is 17. The number of carbonyl (C=O) groups excluding carboxylic acids is 4. The number of fused-ring (bicyclic) bond motifs is 1. The zero-order chi connectivity index (χ0) is 31.4. The molecule has 0 aliphatic carbocycles. The minimum Gasteiger partial charge on any atom is -0.480 e. The van der Waals surface area contributed by atoms with Gasteiger partial charge in [-0.25, -0.2) is 4.79 Å². The largest absolute Gasteiger partial charge is 0.480 e. The third-order valence-electron chi connectivity index (χ3n) is 6.97. The Morgan fingerprint density at radius 3 is 2.09 bits per heavy atom. The van der Waals surface area contributed by atoms with E-state index in [-0.39, 0.29) is 19.3 Å². The van der Waals surface area contributed by atoms with Crippen molar-refractivity contribution in [3.63, 3.8) is 0 Å². The number of hydrogen-bond acceptors (Lipinski definition) is 7. The van der Waals surface area contributed by atoms with Crippen LogP contribution in [0.15, 0.2) is 60.8 Å². The van der Waals surface area contributed by atoms with Gasteiger partial charge in [0.1, 0.15) is 18.1 Å². The van der Waals surface area contributed by atoms with Crippen molar-refractivity contribution in [2.45, 2.75) is 62.7 Å². The van der Waals surface area contributed by atoms with Crippen LogP contribution in [0.1, 0.15) is 36.8 Å². The average Bonchev–Trinajstić information content (AvgIpc) is 3.38. The average molecular weight is 594 g/mol. The second kappa shape index (κ2) is 16.0. The number of carbonyl (C=O) groups is 5. The molecule has 11 N–H and O–H groups in total. The summed E-state index contributed by atoms with van der Waals surface area (Å²) in [7, 11) is 0. The first-order chi connectivity index (χ1) is 20.6. The summed E-state index contributed by atoms with van der Waals surface area (Å²) < 4.78 is 0. The number of aromatic amines is 1. The molecular weight excluding hydrogens is 554 g/mol. The molecule has 0 saturated heterocycles. The summed E-state index contributed by atoms with van der Waals surface area (Å²) in [5, 5.41) is 18.1. The van der Waals surface area contributed by atoms with E-state index in [1.807, 2.05) is 24.3 Å². The second-order valence-corrected chi connectivity index (χ2v) is 10.3. The fourth-order valence-electron chi connectivity index (χ4n) is 4.68. The topological polar surface area (TPSA) is 236 Å². The van der Waals surface area contributed by atoms with E-state index in [0.717, 1.165) is 16.5 Å². The molecule has 1 aromatic heterocycles. The van der Waals surface area contributed by atoms with E-state index in [4.69, 9.17) is 17.2 Å². The van der Waals surface area contributed by atoms with Crippen LogP contribution >= 0.6 is 0 Å². The Balaban J connectivity index is 1.70. The molecular formula is C30H39N7O6. The van der Waals surface area contributed by atoms with E-state index >= 15 is 0 Å². The highest BCUT2D eigenvalue weighted by Gasteiger charge is 2.31. The van der Waals surface area contributed by atoms with E-state index < -0.39 is 60.2 Å². The zero-order valence-corrected chi connectivity index (χ0v) is 23.8. The van der Waals surface area contributed by atoms with Crippen LogP contribution in [0.2, 0.25) is 0 Å². The summed E-state index contributed by atoms with van der Waals surface area (Å²) in [6.07, 6.45) is 2.54. The number of unbranched alkanes of at least 4 members (excludes halogenated alkanes) is 1. The third-order valence-corrected chi connectivity index (χ3v) is 6.97. The lowest BCUT2D eigenvalue weighted by Crippen LogP contribution is -2.58. The number of aromatic nitrogens is 1. The molecule has 0 saturated carbocycles. The van der Waals surface area contributed by atoms with Crippen LogP contribution in [-0.2, 0) is 36.8 Å². The molecule has 3 rings (SSSR count). The molecule has 0 aliphatic heterocycles. The molecule has 4 unspecified atom stereocenters. The Morgan fingerprint density at radius 2 is 1.42 bits per heavy atom. The standard InChI is InChI=1S/C30H39N7O6/c31-13-7-6-12-23(28(40)37-25(30(42)43)14-18-8-2-1-3-9-18)35-29(41)24(16-26(33)38)36-27(39)21(32)15-19-17-34-22-11-5-4-10-20(19)22/h1-5,8-11,17,21,23-25,34H,6-7,12-16,31-32H2,(H2,33,38)(H,35,41)(H,36,39)(H,37,40)(H,42,43). The number of nitrogens with two attached hydrogens (primary N) is 3. The van der Waals surface area contributed by atoms with E-state index in [9.17, 15) is 29.1 Å². The van der Waals surface area contributed by atoms with Crippen LogP contribution < -0.4 is 33.2 Å². The number of nitrogens with one attached hydrogen (secondary N) is 4. The van der Waals surface area contributed by atoms with Crippen molar-refractivity contribution in [1.29, 1.82) is 0 Å². The van der Waals surface area contributed by atoms with Crippen molar-refractivity contribution in [2.75, 3.05) is 6.54 Å². The first-order valence-electron chi connectivity index (χ1n) is 14.1. The molecule has 0 radical (unpaired) electrons. The summed E-state index contributed by atoms with van der Waals surface area (Å²) in [6.45, 7) is 0.350. The molecule has 0 bridgehead atoms. The Morgan fingerprint density at radius 1 is 0.791 bits per heavy atom. The zero-order valence-electron chi connectivity index (χ0n) is 23.8. The van der Waals surface area contributed by atoms with Gasteiger partial charge in [-0.05, 0) is 49.4 Å². The van der Waals surface area contributed by atoms with Crippen molar-refractivity contribution in [2.24, 2.45) is 17.2 Å². The molecule has 0 fully saturated rings. The van der Waals surface area contributed by atoms with Gasteiger partial charge in [-0.15, -0.1) is 0 Å². The number of H-pyrrole nitrogens is 1. The Labute approximate surface area is 248 Å². The predicted molar refractivity (Wildman–Crippen MR) is 160 cm³/mol. The molecule has 0 aliphatic rings. The molecule has 13 heteroatoms. The highest BCUT2D eigenvalue weighted by atomic mass is 16.4. The number of primary amides is 1. The van der Waals surface area contributed by atoms with Gasteiger partial charge in [-0.2, -0.15) is 0 Å². The molecule has 3 aromatic rings.